The lowest BCUT2D eigenvalue weighted by Gasteiger charge is -2.47. The van der Waals surface area contributed by atoms with Gasteiger partial charge in [-0.3, -0.25) is 9.69 Å². The van der Waals surface area contributed by atoms with Gasteiger partial charge in [0.15, 0.2) is 5.66 Å². The molecule has 0 saturated carbocycles. The van der Waals surface area contributed by atoms with Crippen LogP contribution in [0.3, 0.4) is 0 Å². The minimum absolute atomic E-state index is 0.00463. The van der Waals surface area contributed by atoms with Gasteiger partial charge in [0.1, 0.15) is 11.6 Å². The molecular weight excluding hydrogens is 534 g/mol. The lowest BCUT2D eigenvalue weighted by atomic mass is 9.86. The number of ether oxygens (including phenoxy) is 1. The fourth-order valence-electron chi connectivity index (χ4n) is 6.86. The Labute approximate surface area is 224 Å². The van der Waals surface area contributed by atoms with Crippen molar-refractivity contribution in [1.82, 2.24) is 28.9 Å². The molecule has 0 bridgehead atoms. The number of piperazine rings is 1. The van der Waals surface area contributed by atoms with Crippen molar-refractivity contribution in [2.75, 3.05) is 59.5 Å². The number of halogens is 1. The van der Waals surface area contributed by atoms with Gasteiger partial charge >= 0.3 is 6.03 Å². The van der Waals surface area contributed by atoms with Gasteiger partial charge in [0.2, 0.25) is 5.91 Å². The first-order chi connectivity index (χ1) is 18.1. The summed E-state index contributed by atoms with van der Waals surface area (Å²) in [5, 5.41) is 1.19. The molecule has 5 aliphatic rings. The van der Waals surface area contributed by atoms with Gasteiger partial charge in [-0.05, 0) is 31.0 Å². The van der Waals surface area contributed by atoms with Crippen LogP contribution in [0.5, 0.6) is 0 Å². The van der Waals surface area contributed by atoms with Gasteiger partial charge in [0, 0.05) is 42.6 Å². The van der Waals surface area contributed by atoms with Gasteiger partial charge in [0.05, 0.1) is 31.7 Å². The van der Waals surface area contributed by atoms with Gasteiger partial charge in [-0.1, -0.05) is 17.7 Å². The zero-order valence-electron chi connectivity index (χ0n) is 20.9. The molecule has 4 fully saturated rings. The number of sulfonamides is 1. The number of rotatable bonds is 2. The maximum absolute atomic E-state index is 13.8. The topological polar surface area (TPSA) is 122 Å². The van der Waals surface area contributed by atoms with E-state index in [0.717, 1.165) is 0 Å². The summed E-state index contributed by atoms with van der Waals surface area (Å²) in [6.07, 6.45) is 1.27. The van der Waals surface area contributed by atoms with Crippen molar-refractivity contribution in [3.8, 4) is 0 Å². The van der Waals surface area contributed by atoms with Crippen LogP contribution in [0.25, 0.3) is 10.9 Å². The second-order valence-electron chi connectivity index (χ2n) is 10.8. The molecule has 1 N–H and O–H groups in total. The summed E-state index contributed by atoms with van der Waals surface area (Å²) in [5.41, 5.74) is -1.04. The average Bonchev–Trinajstić information content (AvgIpc) is 3.65. The number of piperidine rings is 1. The van der Waals surface area contributed by atoms with Crippen LogP contribution in [0.2, 0.25) is 5.02 Å². The average molecular weight is 562 g/mol. The summed E-state index contributed by atoms with van der Waals surface area (Å²) in [6.45, 7) is 2.87. The predicted molar refractivity (Wildman–Crippen MR) is 138 cm³/mol. The van der Waals surface area contributed by atoms with Crippen molar-refractivity contribution in [3.05, 3.63) is 29.3 Å². The number of fused-ring (bicyclic) bond motifs is 2. The quantitative estimate of drug-likeness (QED) is 0.583. The third-order valence-corrected chi connectivity index (χ3v) is 10.6. The molecule has 2 spiro atoms. The maximum atomic E-state index is 13.8. The van der Waals surface area contributed by atoms with Crippen LogP contribution in [-0.2, 0) is 19.6 Å². The highest BCUT2D eigenvalue weighted by Crippen LogP contribution is 2.50. The first kappa shape index (κ1) is 24.0. The van der Waals surface area contributed by atoms with E-state index in [0.29, 0.717) is 67.6 Å². The van der Waals surface area contributed by atoms with Crippen molar-refractivity contribution in [2.24, 2.45) is 4.99 Å². The molecule has 0 radical (unpaired) electrons. The minimum atomic E-state index is -4.06. The summed E-state index contributed by atoms with van der Waals surface area (Å²) in [7, 11) is -2.35. The molecule has 38 heavy (non-hydrogen) atoms. The Kier molecular flexibility index (Phi) is 5.06. The Bertz CT molecular complexity index is 1500. The van der Waals surface area contributed by atoms with Crippen LogP contribution in [0.1, 0.15) is 12.8 Å². The van der Waals surface area contributed by atoms with E-state index in [1.807, 2.05) is 4.90 Å². The van der Waals surface area contributed by atoms with E-state index in [1.165, 1.54) is 4.31 Å². The Morgan fingerprint density at radius 3 is 2.63 bits per heavy atom. The van der Waals surface area contributed by atoms with Crippen molar-refractivity contribution in [1.29, 1.82) is 0 Å². The fourth-order valence-corrected chi connectivity index (χ4v) is 8.48. The van der Waals surface area contributed by atoms with E-state index in [9.17, 15) is 18.0 Å². The number of aliphatic imine (C=N–C) groups is 1. The largest absolute Gasteiger partial charge is 0.463 e. The van der Waals surface area contributed by atoms with Crippen LogP contribution >= 0.6 is 11.6 Å². The molecule has 12 nitrogen and oxygen atoms in total. The minimum Gasteiger partial charge on any atom is -0.463 e. The van der Waals surface area contributed by atoms with Crippen molar-refractivity contribution < 1.29 is 22.7 Å². The molecule has 6 heterocycles. The second kappa shape index (κ2) is 7.99. The predicted octanol–water partition coefficient (Wildman–Crippen LogP) is 0.952. The van der Waals surface area contributed by atoms with E-state index >= 15 is 0 Å². The van der Waals surface area contributed by atoms with Gasteiger partial charge in [-0.15, -0.1) is 0 Å². The van der Waals surface area contributed by atoms with Crippen LogP contribution in [0, 0.1) is 0 Å². The van der Waals surface area contributed by atoms with E-state index in [-0.39, 0.29) is 36.6 Å². The van der Waals surface area contributed by atoms with Gasteiger partial charge < -0.3 is 24.4 Å². The number of aromatic nitrogens is 1. The summed E-state index contributed by atoms with van der Waals surface area (Å²) in [6, 6.07) is 7.13. The molecular formula is C24H28ClN7O5S. The molecule has 7 rings (SSSR count). The van der Waals surface area contributed by atoms with Gasteiger partial charge in [-0.2, -0.15) is 4.31 Å². The van der Waals surface area contributed by atoms with Gasteiger partial charge in [-0.25, -0.2) is 18.2 Å². The number of carbonyl (C=O) groups excluding carboxylic acids is 2. The van der Waals surface area contributed by atoms with Crippen molar-refractivity contribution in [2.45, 2.75) is 29.1 Å². The Hall–Kier alpha value is -3.03. The van der Waals surface area contributed by atoms with E-state index in [4.69, 9.17) is 16.3 Å². The zero-order valence-corrected chi connectivity index (χ0v) is 22.5. The number of hydrogen-bond acceptors (Lipinski definition) is 7. The van der Waals surface area contributed by atoms with E-state index in [1.54, 1.807) is 41.1 Å². The summed E-state index contributed by atoms with van der Waals surface area (Å²) < 4.78 is 34.5. The second-order valence-corrected chi connectivity index (χ2v) is 13.1. The highest BCUT2D eigenvalue weighted by molar-refractivity contribution is 7.89. The first-order valence-corrected chi connectivity index (χ1v) is 14.5. The Morgan fingerprint density at radius 2 is 1.89 bits per heavy atom. The third-order valence-electron chi connectivity index (χ3n) is 8.61. The number of likely N-dealkylation sites (tertiary alicyclic amines) is 1. The lowest BCUT2D eigenvalue weighted by Crippen LogP contribution is -2.68. The molecule has 3 amide bonds. The van der Waals surface area contributed by atoms with Crippen LogP contribution in [0.15, 0.2) is 34.3 Å². The monoisotopic (exact) mass is 561 g/mol. The number of urea groups is 1. The number of hydrogen-bond donors (Lipinski definition) is 1. The molecule has 1 unspecified atom stereocenters. The number of carbonyl (C=O) groups is 2. The molecule has 2 aromatic rings. The molecule has 5 aliphatic heterocycles. The highest BCUT2D eigenvalue weighted by Gasteiger charge is 2.69. The standard InChI is InChI=1S/C24H28ClN7O5S/c1-28-14-24-15-30(38(35,36)19-10-16-2-3-17(25)11-18(16)27-19)12-20(33)31(24)13-23(32(24)22(28)34)4-7-29(8-5-23)21-26-6-9-37-21/h2-3,10-11,27H,4-9,12-15H2,1H3. The number of aromatic amines is 1. The lowest BCUT2D eigenvalue weighted by molar-refractivity contribution is -0.143. The van der Waals surface area contributed by atoms with Crippen molar-refractivity contribution in [3.63, 3.8) is 0 Å². The number of amides is 3. The zero-order chi connectivity index (χ0) is 26.4. The summed E-state index contributed by atoms with van der Waals surface area (Å²) in [5.74, 6) is -0.296. The van der Waals surface area contributed by atoms with Gasteiger partial charge in [0.25, 0.3) is 16.0 Å². The van der Waals surface area contributed by atoms with E-state index in [2.05, 4.69) is 14.9 Å². The number of nitrogens with zero attached hydrogens (tertiary/aromatic N) is 6. The van der Waals surface area contributed by atoms with Crippen LogP contribution in [-0.4, -0.2) is 126 Å². The number of nitrogens with one attached hydrogen (secondary N) is 1. The Morgan fingerprint density at radius 1 is 1.11 bits per heavy atom. The Balaban J connectivity index is 1.23. The third kappa shape index (κ3) is 3.24. The number of benzene rings is 1. The summed E-state index contributed by atoms with van der Waals surface area (Å²) >= 11 is 6.09. The fraction of sp³-hybridized carbons (Fsp3) is 0.542. The molecule has 0 aliphatic carbocycles. The first-order valence-electron chi connectivity index (χ1n) is 12.7. The van der Waals surface area contributed by atoms with Crippen LogP contribution < -0.4 is 0 Å². The van der Waals surface area contributed by atoms with E-state index < -0.39 is 21.2 Å². The molecule has 1 aromatic carbocycles. The number of H-pyrrole nitrogens is 1. The van der Waals surface area contributed by atoms with Crippen LogP contribution in [0.4, 0.5) is 4.79 Å². The van der Waals surface area contributed by atoms with Crippen molar-refractivity contribution >= 4 is 50.5 Å². The number of likely N-dealkylation sites (N-methyl/N-ethyl adjacent to an activating group) is 1. The molecule has 1 aromatic heterocycles. The SMILES string of the molecule is CN1CC23CN(S(=O)(=O)c4cc5ccc(Cl)cc5[nH]4)CC(=O)N2CC2(CCN(C4=NCCO4)CC2)N3C1=O. The summed E-state index contributed by atoms with van der Waals surface area (Å²) in [4.78, 5) is 41.8. The number of amidine groups is 1. The maximum Gasteiger partial charge on any atom is 0.322 e. The molecule has 14 heteroatoms. The highest BCUT2D eigenvalue weighted by atomic mass is 35.5. The smallest absolute Gasteiger partial charge is 0.322 e. The molecule has 202 valence electrons. The normalized spacial score (nSPS) is 27.4. The molecule has 4 saturated heterocycles. The molecule has 1 atom stereocenters.